The fraction of sp³-hybridized carbons (Fsp3) is 0.143. The molecule has 1 aromatic carbocycles. The van der Waals surface area contributed by atoms with Gasteiger partial charge in [0.2, 0.25) is 0 Å². The van der Waals surface area contributed by atoms with E-state index in [0.29, 0.717) is 16.3 Å². The third-order valence-corrected chi connectivity index (χ3v) is 2.65. The number of benzene rings is 1. The van der Waals surface area contributed by atoms with E-state index in [0.717, 1.165) is 0 Å². The molecule has 2 rings (SSSR count). The molecular weight excluding hydrogens is 269 g/mol. The average Bonchev–Trinajstić information content (AvgIpc) is 2.39. The van der Waals surface area contributed by atoms with Gasteiger partial charge >= 0.3 is 0 Å². The monoisotopic (exact) mass is 279 g/mol. The van der Waals surface area contributed by atoms with E-state index in [4.69, 9.17) is 16.3 Å². The fourth-order valence-corrected chi connectivity index (χ4v) is 1.68. The number of pyridine rings is 1. The maximum atomic E-state index is 12.7. The molecule has 0 unspecified atom stereocenters. The van der Waals surface area contributed by atoms with E-state index in [-0.39, 0.29) is 24.6 Å². The Morgan fingerprint density at radius 1 is 1.26 bits per heavy atom. The number of nitrogens with zero attached hydrogens (tertiary/aromatic N) is 1. The van der Waals surface area contributed by atoms with E-state index in [1.54, 1.807) is 6.07 Å². The molecule has 1 aromatic heterocycles. The molecule has 98 valence electrons. The maximum Gasteiger partial charge on any atom is 0.166 e. The van der Waals surface area contributed by atoms with Gasteiger partial charge in [-0.05, 0) is 24.3 Å². The molecule has 0 spiro atoms. The average molecular weight is 280 g/mol. The molecule has 0 radical (unpaired) electrons. The molecule has 0 saturated heterocycles. The second-order valence-electron chi connectivity index (χ2n) is 3.87. The van der Waals surface area contributed by atoms with Crippen molar-refractivity contribution in [3.8, 4) is 5.75 Å². The van der Waals surface area contributed by atoms with Crippen LogP contribution in [0.1, 0.15) is 16.8 Å². The summed E-state index contributed by atoms with van der Waals surface area (Å²) in [6.07, 6.45) is 3.23. The lowest BCUT2D eigenvalue weighted by Gasteiger charge is -2.05. The van der Waals surface area contributed by atoms with Crippen LogP contribution in [0.5, 0.6) is 5.75 Å². The zero-order chi connectivity index (χ0) is 13.7. The van der Waals surface area contributed by atoms with Crippen LogP contribution in [0.25, 0.3) is 0 Å². The number of ether oxygens (including phenoxy) is 1. The van der Waals surface area contributed by atoms with Crippen molar-refractivity contribution < 1.29 is 13.9 Å². The SMILES string of the molecule is O=C(CCOc1cncc(Cl)c1)c1ccc(F)cc1. The predicted octanol–water partition coefficient (Wildman–Crippen LogP) is 3.53. The maximum absolute atomic E-state index is 12.7. The van der Waals surface area contributed by atoms with Gasteiger partial charge in [-0.15, -0.1) is 0 Å². The molecule has 2 aromatic rings. The van der Waals surface area contributed by atoms with Crippen molar-refractivity contribution in [2.24, 2.45) is 0 Å². The summed E-state index contributed by atoms with van der Waals surface area (Å²) >= 11 is 5.75. The highest BCUT2D eigenvalue weighted by Gasteiger charge is 2.06. The van der Waals surface area contributed by atoms with Crippen molar-refractivity contribution in [1.82, 2.24) is 4.98 Å². The van der Waals surface area contributed by atoms with Crippen LogP contribution in [-0.4, -0.2) is 17.4 Å². The molecule has 0 aliphatic rings. The Morgan fingerprint density at radius 2 is 2.00 bits per heavy atom. The Morgan fingerprint density at radius 3 is 2.68 bits per heavy atom. The molecule has 5 heteroatoms. The van der Waals surface area contributed by atoms with Gasteiger partial charge in [0, 0.05) is 24.2 Å². The van der Waals surface area contributed by atoms with Gasteiger partial charge in [0.15, 0.2) is 5.78 Å². The third-order valence-electron chi connectivity index (χ3n) is 2.44. The van der Waals surface area contributed by atoms with Crippen LogP contribution in [0, 0.1) is 5.82 Å². The van der Waals surface area contributed by atoms with Gasteiger partial charge in [-0.1, -0.05) is 11.6 Å². The summed E-state index contributed by atoms with van der Waals surface area (Å²) in [5.41, 5.74) is 0.467. The first-order valence-electron chi connectivity index (χ1n) is 5.67. The summed E-state index contributed by atoms with van der Waals surface area (Å²) in [7, 11) is 0. The van der Waals surface area contributed by atoms with Crippen LogP contribution in [0.2, 0.25) is 5.02 Å². The third kappa shape index (κ3) is 4.03. The van der Waals surface area contributed by atoms with Gasteiger partial charge in [-0.2, -0.15) is 0 Å². The minimum Gasteiger partial charge on any atom is -0.491 e. The van der Waals surface area contributed by atoms with Crippen molar-refractivity contribution >= 4 is 17.4 Å². The van der Waals surface area contributed by atoms with Crippen LogP contribution < -0.4 is 4.74 Å². The van der Waals surface area contributed by atoms with E-state index in [9.17, 15) is 9.18 Å². The second kappa shape index (κ2) is 6.29. The van der Waals surface area contributed by atoms with Gasteiger partial charge in [0.05, 0.1) is 17.8 Å². The van der Waals surface area contributed by atoms with Crippen molar-refractivity contribution in [3.05, 3.63) is 59.1 Å². The van der Waals surface area contributed by atoms with Gasteiger partial charge in [0.1, 0.15) is 11.6 Å². The second-order valence-corrected chi connectivity index (χ2v) is 4.30. The number of carbonyl (C=O) groups is 1. The molecular formula is C14H11ClFNO2. The first-order chi connectivity index (χ1) is 9.15. The lowest BCUT2D eigenvalue weighted by molar-refractivity contribution is 0.0962. The van der Waals surface area contributed by atoms with Gasteiger partial charge < -0.3 is 4.74 Å². The fourth-order valence-electron chi connectivity index (χ4n) is 1.51. The van der Waals surface area contributed by atoms with E-state index >= 15 is 0 Å². The number of ketones is 1. The lowest BCUT2D eigenvalue weighted by atomic mass is 10.1. The summed E-state index contributed by atoms with van der Waals surface area (Å²) < 4.78 is 18.1. The van der Waals surface area contributed by atoms with E-state index in [1.165, 1.54) is 36.7 Å². The molecule has 0 fully saturated rings. The van der Waals surface area contributed by atoms with Crippen LogP contribution >= 0.6 is 11.6 Å². The molecule has 0 bridgehead atoms. The Bertz CT molecular complexity index is 572. The first kappa shape index (κ1) is 13.5. The normalized spacial score (nSPS) is 10.2. The number of hydrogen-bond acceptors (Lipinski definition) is 3. The quantitative estimate of drug-likeness (QED) is 0.786. The van der Waals surface area contributed by atoms with Gasteiger partial charge in [-0.3, -0.25) is 9.78 Å². The van der Waals surface area contributed by atoms with Crippen molar-refractivity contribution in [3.63, 3.8) is 0 Å². The number of halogens is 2. The number of rotatable bonds is 5. The standard InChI is InChI=1S/C14H11ClFNO2/c15-11-7-13(9-17-8-11)19-6-5-14(18)10-1-3-12(16)4-2-10/h1-4,7-9H,5-6H2. The van der Waals surface area contributed by atoms with Crippen LogP contribution in [0.4, 0.5) is 4.39 Å². The minimum atomic E-state index is -0.363. The lowest BCUT2D eigenvalue weighted by Crippen LogP contribution is -2.06. The van der Waals surface area contributed by atoms with Crippen LogP contribution in [0.3, 0.4) is 0 Å². The number of carbonyl (C=O) groups excluding carboxylic acids is 1. The zero-order valence-corrected chi connectivity index (χ0v) is 10.7. The van der Waals surface area contributed by atoms with E-state index < -0.39 is 0 Å². The number of Topliss-reactive ketones (excluding diaryl/α,β-unsaturated/α-hetero) is 1. The molecule has 0 amide bonds. The Kier molecular flexibility index (Phi) is 4.47. The number of hydrogen-bond donors (Lipinski definition) is 0. The van der Waals surface area contributed by atoms with Crippen molar-refractivity contribution in [2.75, 3.05) is 6.61 Å². The first-order valence-corrected chi connectivity index (χ1v) is 6.05. The predicted molar refractivity (Wildman–Crippen MR) is 70.1 cm³/mol. The summed E-state index contributed by atoms with van der Waals surface area (Å²) in [6.45, 7) is 0.220. The molecule has 0 N–H and O–H groups in total. The summed E-state index contributed by atoms with van der Waals surface area (Å²) in [4.78, 5) is 15.6. The molecule has 0 atom stereocenters. The van der Waals surface area contributed by atoms with Crippen LogP contribution in [0.15, 0.2) is 42.7 Å². The Hall–Kier alpha value is -1.94. The minimum absolute atomic E-state index is 0.102. The van der Waals surface area contributed by atoms with Crippen molar-refractivity contribution in [1.29, 1.82) is 0 Å². The van der Waals surface area contributed by atoms with Crippen molar-refractivity contribution in [2.45, 2.75) is 6.42 Å². The van der Waals surface area contributed by atoms with Gasteiger partial charge in [-0.25, -0.2) is 4.39 Å². The number of aromatic nitrogens is 1. The Balaban J connectivity index is 1.86. The molecule has 0 aliphatic carbocycles. The van der Waals surface area contributed by atoms with E-state index in [2.05, 4.69) is 4.98 Å². The highest BCUT2D eigenvalue weighted by molar-refractivity contribution is 6.30. The molecule has 19 heavy (non-hydrogen) atoms. The highest BCUT2D eigenvalue weighted by atomic mass is 35.5. The molecule has 1 heterocycles. The largest absolute Gasteiger partial charge is 0.491 e. The summed E-state index contributed by atoms with van der Waals surface area (Å²) in [5, 5.41) is 0.474. The highest BCUT2D eigenvalue weighted by Crippen LogP contribution is 2.15. The molecule has 0 aliphatic heterocycles. The molecule has 3 nitrogen and oxygen atoms in total. The smallest absolute Gasteiger partial charge is 0.166 e. The zero-order valence-electron chi connectivity index (χ0n) is 9.98. The Labute approximate surface area is 115 Å². The topological polar surface area (TPSA) is 39.2 Å². The summed E-state index contributed by atoms with van der Waals surface area (Å²) in [6, 6.07) is 7.05. The van der Waals surface area contributed by atoms with Crippen LogP contribution in [-0.2, 0) is 0 Å². The van der Waals surface area contributed by atoms with E-state index in [1.807, 2.05) is 0 Å². The molecule has 0 saturated carbocycles. The summed E-state index contributed by atoms with van der Waals surface area (Å²) in [5.74, 6) is 0.0483. The van der Waals surface area contributed by atoms with Gasteiger partial charge in [0.25, 0.3) is 0 Å².